The summed E-state index contributed by atoms with van der Waals surface area (Å²) in [5.41, 5.74) is 5.44. The summed E-state index contributed by atoms with van der Waals surface area (Å²) in [6, 6.07) is 10.5. The van der Waals surface area contributed by atoms with Crippen molar-refractivity contribution in [3.63, 3.8) is 0 Å². The van der Waals surface area contributed by atoms with Crippen molar-refractivity contribution in [1.82, 2.24) is 19.6 Å². The summed E-state index contributed by atoms with van der Waals surface area (Å²) in [5, 5.41) is 14.7. The van der Waals surface area contributed by atoms with Gasteiger partial charge < -0.3 is 24.5 Å². The van der Waals surface area contributed by atoms with Crippen molar-refractivity contribution in [3.05, 3.63) is 70.7 Å². The fourth-order valence-corrected chi connectivity index (χ4v) is 5.30. The van der Waals surface area contributed by atoms with Gasteiger partial charge in [-0.05, 0) is 48.4 Å². The molecule has 1 amide bonds. The summed E-state index contributed by atoms with van der Waals surface area (Å²) in [4.78, 5) is 19.9. The first-order valence-electron chi connectivity index (χ1n) is 12.2. The minimum atomic E-state index is -0.646. The lowest BCUT2D eigenvalue weighted by Gasteiger charge is -2.48. The Morgan fingerprint density at radius 1 is 1.24 bits per heavy atom. The summed E-state index contributed by atoms with van der Waals surface area (Å²) in [7, 11) is 1.68. The molecule has 180 valence electrons. The van der Waals surface area contributed by atoms with Crippen molar-refractivity contribution < 1.29 is 14.6 Å². The van der Waals surface area contributed by atoms with E-state index in [-0.39, 0.29) is 12.0 Å². The molecule has 1 saturated heterocycles. The number of methoxy groups -OCH3 is 1. The molecule has 5 rings (SSSR count). The molecule has 3 aromatic rings. The second kappa shape index (κ2) is 8.80. The molecule has 1 spiro atoms. The van der Waals surface area contributed by atoms with Crippen molar-refractivity contribution in [2.24, 2.45) is 0 Å². The highest BCUT2D eigenvalue weighted by molar-refractivity contribution is 5.93. The van der Waals surface area contributed by atoms with Gasteiger partial charge >= 0.3 is 0 Å². The van der Waals surface area contributed by atoms with Gasteiger partial charge in [0.25, 0.3) is 5.91 Å². The number of hydrogen-bond acceptors (Lipinski definition) is 5. The van der Waals surface area contributed by atoms with Gasteiger partial charge in [0.1, 0.15) is 11.3 Å². The topological polar surface area (TPSA) is 79.1 Å². The number of benzene rings is 1. The zero-order valence-electron chi connectivity index (χ0n) is 20.4. The number of carbonyl (C=O) groups excluding carboxylic acids is 1. The van der Waals surface area contributed by atoms with Crippen LogP contribution in [-0.2, 0) is 17.7 Å². The van der Waals surface area contributed by atoms with Gasteiger partial charge in [0.2, 0.25) is 0 Å². The minimum absolute atomic E-state index is 0.136. The summed E-state index contributed by atoms with van der Waals surface area (Å²) in [5.74, 6) is 0.200. The van der Waals surface area contributed by atoms with Gasteiger partial charge in [-0.2, -0.15) is 0 Å². The van der Waals surface area contributed by atoms with Gasteiger partial charge in [-0.3, -0.25) is 4.79 Å². The van der Waals surface area contributed by atoms with Crippen LogP contribution in [0.2, 0.25) is 0 Å². The maximum Gasteiger partial charge on any atom is 0.274 e. The molecular weight excluding hydrogens is 428 g/mol. The Labute approximate surface area is 200 Å². The van der Waals surface area contributed by atoms with Crippen LogP contribution in [0.25, 0.3) is 5.65 Å². The van der Waals surface area contributed by atoms with E-state index >= 15 is 0 Å². The van der Waals surface area contributed by atoms with Crippen LogP contribution in [0.3, 0.4) is 0 Å². The molecule has 1 aromatic carbocycles. The molecule has 0 aliphatic carbocycles. The molecule has 2 aliphatic heterocycles. The van der Waals surface area contributed by atoms with Crippen molar-refractivity contribution in [1.29, 1.82) is 0 Å². The first kappa shape index (κ1) is 23.0. The molecule has 3 atom stereocenters. The second-order valence-electron chi connectivity index (χ2n) is 10.1. The number of imidazole rings is 1. The molecule has 7 nitrogen and oxygen atoms in total. The number of aromatic nitrogens is 2. The smallest absolute Gasteiger partial charge is 0.274 e. The molecule has 0 saturated carbocycles. The summed E-state index contributed by atoms with van der Waals surface area (Å²) >= 11 is 0. The van der Waals surface area contributed by atoms with Crippen LogP contribution in [0.1, 0.15) is 72.0 Å². The molecule has 7 heteroatoms. The third-order valence-electron chi connectivity index (χ3n) is 7.68. The Hall–Kier alpha value is -2.74. The number of piperidine rings is 1. The van der Waals surface area contributed by atoms with Crippen molar-refractivity contribution in [3.8, 4) is 0 Å². The molecule has 1 unspecified atom stereocenters. The first-order valence-corrected chi connectivity index (χ1v) is 12.2. The number of rotatable bonds is 4. The molecule has 2 aliphatic rings. The van der Waals surface area contributed by atoms with Crippen LogP contribution >= 0.6 is 0 Å². The maximum absolute atomic E-state index is 13.4. The molecule has 34 heavy (non-hydrogen) atoms. The van der Waals surface area contributed by atoms with Crippen LogP contribution in [0, 0.1) is 0 Å². The Morgan fingerprint density at radius 3 is 2.71 bits per heavy atom. The molecule has 2 N–H and O–H groups in total. The van der Waals surface area contributed by atoms with Gasteiger partial charge in [-0.25, -0.2) is 4.98 Å². The Bertz CT molecular complexity index is 1220. The normalized spacial score (nSPS) is 23.5. The highest BCUT2D eigenvalue weighted by Gasteiger charge is 2.45. The van der Waals surface area contributed by atoms with E-state index in [9.17, 15) is 9.90 Å². The van der Waals surface area contributed by atoms with Crippen molar-refractivity contribution >= 4 is 11.6 Å². The molecule has 0 bridgehead atoms. The number of amides is 1. The number of nitrogens with one attached hydrogen (secondary N) is 1. The van der Waals surface area contributed by atoms with Crippen LogP contribution in [-0.4, -0.2) is 57.1 Å². The zero-order chi connectivity index (χ0) is 24.0. The summed E-state index contributed by atoms with van der Waals surface area (Å²) in [6.07, 6.45) is 4.54. The van der Waals surface area contributed by atoms with Crippen LogP contribution in [0.4, 0.5) is 0 Å². The standard InChI is InChI=1S/C27H34N4O3/c1-17(2)21-11-22(18(3)34-4)25-29-23(15-31(25)14-21)26(33)30-10-9-27(24(32)16-30)12-19-7-5-6-8-20(19)13-28-27/h5-8,11,14-15,17-18,24,28,32H,9-10,12-13,16H2,1-4H3/t18?,24-,27+/m1/s1. The predicted molar refractivity (Wildman–Crippen MR) is 131 cm³/mol. The van der Waals surface area contributed by atoms with Gasteiger partial charge in [-0.1, -0.05) is 38.1 Å². The Balaban J connectivity index is 1.39. The van der Waals surface area contributed by atoms with Gasteiger partial charge in [-0.15, -0.1) is 0 Å². The lowest BCUT2D eigenvalue weighted by molar-refractivity contribution is -0.0140. The number of pyridine rings is 1. The van der Waals surface area contributed by atoms with Gasteiger partial charge in [0, 0.05) is 44.7 Å². The zero-order valence-corrected chi connectivity index (χ0v) is 20.4. The van der Waals surface area contributed by atoms with E-state index in [4.69, 9.17) is 9.72 Å². The minimum Gasteiger partial charge on any atom is -0.389 e. The van der Waals surface area contributed by atoms with E-state index in [0.717, 1.165) is 24.2 Å². The molecule has 1 fully saturated rings. The highest BCUT2D eigenvalue weighted by atomic mass is 16.5. The number of fused-ring (bicyclic) bond motifs is 2. The van der Waals surface area contributed by atoms with E-state index in [1.807, 2.05) is 23.6 Å². The van der Waals surface area contributed by atoms with E-state index in [2.05, 4.69) is 43.4 Å². The van der Waals surface area contributed by atoms with Crippen LogP contribution < -0.4 is 5.32 Å². The predicted octanol–water partition coefficient (Wildman–Crippen LogP) is 3.46. The number of aliphatic hydroxyl groups excluding tert-OH is 1. The number of nitrogens with zero attached hydrogens (tertiary/aromatic N) is 3. The molecule has 0 radical (unpaired) electrons. The molecule has 2 aromatic heterocycles. The van der Waals surface area contributed by atoms with Crippen LogP contribution in [0.15, 0.2) is 42.7 Å². The van der Waals surface area contributed by atoms with Crippen molar-refractivity contribution in [2.75, 3.05) is 20.2 Å². The van der Waals surface area contributed by atoms with Gasteiger partial charge in [0.05, 0.1) is 17.7 Å². The fourth-order valence-electron chi connectivity index (χ4n) is 5.30. The van der Waals surface area contributed by atoms with E-state index in [1.165, 1.54) is 16.7 Å². The summed E-state index contributed by atoms with van der Waals surface area (Å²) in [6.45, 7) is 7.90. The fraction of sp³-hybridized carbons (Fsp3) is 0.481. The van der Waals surface area contributed by atoms with Crippen LogP contribution in [0.5, 0.6) is 0 Å². The molecule has 4 heterocycles. The van der Waals surface area contributed by atoms with E-state index in [0.29, 0.717) is 31.1 Å². The summed E-state index contributed by atoms with van der Waals surface area (Å²) < 4.78 is 7.52. The average molecular weight is 463 g/mol. The number of hydrogen-bond donors (Lipinski definition) is 2. The second-order valence-corrected chi connectivity index (χ2v) is 10.1. The van der Waals surface area contributed by atoms with Crippen molar-refractivity contribution in [2.45, 2.75) is 63.8 Å². The number of ether oxygens (including phenoxy) is 1. The number of carbonyl (C=O) groups is 1. The maximum atomic E-state index is 13.4. The monoisotopic (exact) mass is 462 g/mol. The quantitative estimate of drug-likeness (QED) is 0.621. The average Bonchev–Trinajstić information content (AvgIpc) is 3.28. The van der Waals surface area contributed by atoms with E-state index < -0.39 is 11.6 Å². The van der Waals surface area contributed by atoms with Gasteiger partial charge in [0.15, 0.2) is 0 Å². The lowest BCUT2D eigenvalue weighted by Crippen LogP contribution is -2.65. The lowest BCUT2D eigenvalue weighted by atomic mass is 9.76. The molecular formula is C27H34N4O3. The number of aliphatic hydroxyl groups is 1. The Morgan fingerprint density at radius 2 is 2.00 bits per heavy atom. The number of β-amino-alcohol motifs (C(OH)–C–C–N with tert-alkyl or cyclic N) is 1. The third kappa shape index (κ3) is 3.91. The third-order valence-corrected chi connectivity index (χ3v) is 7.68. The number of likely N-dealkylation sites (tertiary alicyclic amines) is 1. The van der Waals surface area contributed by atoms with E-state index in [1.54, 1.807) is 18.2 Å². The first-order chi connectivity index (χ1) is 16.3. The Kier molecular flexibility index (Phi) is 5.96. The largest absolute Gasteiger partial charge is 0.389 e. The SMILES string of the molecule is COC(C)c1cc(C(C)C)cn2cc(C(=O)N3CC[C@]4(Cc5ccccc5CN4)[C@H](O)C3)nc12. The highest BCUT2D eigenvalue weighted by Crippen LogP contribution is 2.33.